The Morgan fingerprint density at radius 2 is 2.21 bits per heavy atom. The van der Waals surface area contributed by atoms with Crippen LogP contribution in [0.3, 0.4) is 0 Å². The van der Waals surface area contributed by atoms with Gasteiger partial charge in [-0.25, -0.2) is 4.98 Å². The third kappa shape index (κ3) is 3.83. The number of aryl methyl sites for hydroxylation is 1. The fraction of sp³-hybridized carbons (Fsp3) is 0.647. The second kappa shape index (κ2) is 7.01. The molecule has 0 radical (unpaired) electrons. The highest BCUT2D eigenvalue weighted by atomic mass is 32.1. The lowest BCUT2D eigenvalue weighted by Gasteiger charge is -2.34. The van der Waals surface area contributed by atoms with Gasteiger partial charge in [-0.15, -0.1) is 16.4 Å². The zero-order valence-corrected chi connectivity index (χ0v) is 15.4. The smallest absolute Gasteiger partial charge is 0.225 e. The van der Waals surface area contributed by atoms with Crippen LogP contribution in [0, 0.1) is 0 Å². The lowest BCUT2D eigenvalue weighted by molar-refractivity contribution is -0.135. The monoisotopic (exact) mass is 347 g/mol. The number of rotatable bonds is 4. The fourth-order valence-corrected chi connectivity index (χ4v) is 4.17. The van der Waals surface area contributed by atoms with Gasteiger partial charge in [0.25, 0.3) is 0 Å². The summed E-state index contributed by atoms with van der Waals surface area (Å²) in [4.78, 5) is 19.6. The Bertz CT molecular complexity index is 673. The van der Waals surface area contributed by atoms with Crippen LogP contribution < -0.4 is 0 Å². The highest BCUT2D eigenvalue weighted by Crippen LogP contribution is 2.35. The first-order chi connectivity index (χ1) is 11.4. The zero-order chi connectivity index (χ0) is 17.2. The summed E-state index contributed by atoms with van der Waals surface area (Å²) < 4.78 is 1.71. The first kappa shape index (κ1) is 17.1. The SMILES string of the molecule is CC(C)(C)c1csc([C@H]2CCCCN2C(=O)CCn2ccnn2)n1. The lowest BCUT2D eigenvalue weighted by atomic mass is 9.93. The van der Waals surface area contributed by atoms with Gasteiger partial charge in [-0.2, -0.15) is 0 Å². The minimum atomic E-state index is 0.0470. The van der Waals surface area contributed by atoms with Crippen LogP contribution in [0.5, 0.6) is 0 Å². The average molecular weight is 347 g/mol. The van der Waals surface area contributed by atoms with Gasteiger partial charge in [-0.05, 0) is 19.3 Å². The number of nitrogens with zero attached hydrogens (tertiary/aromatic N) is 5. The Hall–Kier alpha value is -1.76. The van der Waals surface area contributed by atoms with Crippen molar-refractivity contribution in [1.29, 1.82) is 0 Å². The molecule has 1 aliphatic rings. The molecule has 0 unspecified atom stereocenters. The van der Waals surface area contributed by atoms with Crippen molar-refractivity contribution < 1.29 is 4.79 Å². The van der Waals surface area contributed by atoms with E-state index in [1.807, 2.05) is 4.90 Å². The second-order valence-corrected chi connectivity index (χ2v) is 8.23. The minimum Gasteiger partial charge on any atom is -0.333 e. The standard InChI is InChI=1S/C17H25N5OS/c1-17(2,3)14-12-24-16(19-14)13-6-4-5-9-22(13)15(23)7-10-21-11-8-18-20-21/h8,11-13H,4-7,9-10H2,1-3H3/t13-/m1/s1. The summed E-state index contributed by atoms with van der Waals surface area (Å²) in [5.74, 6) is 0.183. The molecule has 7 heteroatoms. The summed E-state index contributed by atoms with van der Waals surface area (Å²) in [7, 11) is 0. The van der Waals surface area contributed by atoms with Gasteiger partial charge in [-0.3, -0.25) is 9.48 Å². The van der Waals surface area contributed by atoms with Crippen molar-refractivity contribution in [3.8, 4) is 0 Å². The largest absolute Gasteiger partial charge is 0.333 e. The maximum atomic E-state index is 12.7. The topological polar surface area (TPSA) is 63.9 Å². The Morgan fingerprint density at radius 3 is 2.88 bits per heavy atom. The highest BCUT2D eigenvalue weighted by Gasteiger charge is 2.30. The first-order valence-corrected chi connectivity index (χ1v) is 9.42. The molecule has 3 heterocycles. The van der Waals surface area contributed by atoms with Crippen LogP contribution in [0.2, 0.25) is 0 Å². The van der Waals surface area contributed by atoms with Crippen molar-refractivity contribution in [3.63, 3.8) is 0 Å². The molecule has 1 saturated heterocycles. The summed E-state index contributed by atoms with van der Waals surface area (Å²) in [6.45, 7) is 7.92. The molecular formula is C17H25N5OS. The minimum absolute atomic E-state index is 0.0470. The zero-order valence-electron chi connectivity index (χ0n) is 14.6. The predicted octanol–water partition coefficient (Wildman–Crippen LogP) is 3.18. The number of carbonyl (C=O) groups is 1. The van der Waals surface area contributed by atoms with Crippen molar-refractivity contribution in [2.45, 2.75) is 64.5 Å². The van der Waals surface area contributed by atoms with Gasteiger partial charge in [-0.1, -0.05) is 26.0 Å². The van der Waals surface area contributed by atoms with Crippen LogP contribution in [0.1, 0.15) is 63.2 Å². The Balaban J connectivity index is 1.70. The molecular weight excluding hydrogens is 322 g/mol. The molecule has 0 N–H and O–H groups in total. The van der Waals surface area contributed by atoms with E-state index in [0.29, 0.717) is 13.0 Å². The van der Waals surface area contributed by atoms with E-state index in [-0.39, 0.29) is 17.4 Å². The molecule has 3 rings (SSSR count). The van der Waals surface area contributed by atoms with Crippen LogP contribution in [0.15, 0.2) is 17.8 Å². The molecule has 1 aliphatic heterocycles. The summed E-state index contributed by atoms with van der Waals surface area (Å²) in [6.07, 6.45) is 7.11. The van der Waals surface area contributed by atoms with E-state index in [4.69, 9.17) is 4.98 Å². The van der Waals surface area contributed by atoms with Gasteiger partial charge in [0, 0.05) is 30.0 Å². The van der Waals surface area contributed by atoms with Crippen molar-refractivity contribution in [1.82, 2.24) is 24.9 Å². The number of hydrogen-bond donors (Lipinski definition) is 0. The van der Waals surface area contributed by atoms with E-state index < -0.39 is 0 Å². The number of amides is 1. The Morgan fingerprint density at radius 1 is 1.38 bits per heavy atom. The molecule has 6 nitrogen and oxygen atoms in total. The molecule has 1 atom stereocenters. The third-order valence-electron chi connectivity index (χ3n) is 4.43. The number of likely N-dealkylation sites (tertiary alicyclic amines) is 1. The van der Waals surface area contributed by atoms with E-state index in [1.54, 1.807) is 28.4 Å². The quantitative estimate of drug-likeness (QED) is 0.852. The van der Waals surface area contributed by atoms with Crippen molar-refractivity contribution >= 4 is 17.2 Å². The Kier molecular flexibility index (Phi) is 4.99. The molecule has 0 spiro atoms. The summed E-state index contributed by atoms with van der Waals surface area (Å²) in [5, 5.41) is 10.9. The van der Waals surface area contributed by atoms with Gasteiger partial charge in [0.05, 0.1) is 24.5 Å². The summed E-state index contributed by atoms with van der Waals surface area (Å²) >= 11 is 1.69. The Labute approximate surface area is 146 Å². The van der Waals surface area contributed by atoms with Crippen molar-refractivity contribution in [2.24, 2.45) is 0 Å². The molecule has 1 amide bonds. The van der Waals surface area contributed by atoms with Gasteiger partial charge >= 0.3 is 0 Å². The molecule has 0 aromatic carbocycles. The van der Waals surface area contributed by atoms with Gasteiger partial charge < -0.3 is 4.90 Å². The van der Waals surface area contributed by atoms with E-state index >= 15 is 0 Å². The van der Waals surface area contributed by atoms with E-state index in [9.17, 15) is 4.79 Å². The highest BCUT2D eigenvalue weighted by molar-refractivity contribution is 7.09. The van der Waals surface area contributed by atoms with Gasteiger partial charge in [0.2, 0.25) is 5.91 Å². The van der Waals surface area contributed by atoms with Crippen LogP contribution in [-0.2, 0) is 16.8 Å². The fourth-order valence-electron chi connectivity index (χ4n) is 2.98. The van der Waals surface area contributed by atoms with Crippen LogP contribution in [0.25, 0.3) is 0 Å². The molecule has 0 saturated carbocycles. The van der Waals surface area contributed by atoms with Crippen LogP contribution in [0.4, 0.5) is 0 Å². The maximum Gasteiger partial charge on any atom is 0.225 e. The van der Waals surface area contributed by atoms with Gasteiger partial charge in [0.1, 0.15) is 5.01 Å². The molecule has 1 fully saturated rings. The first-order valence-electron chi connectivity index (χ1n) is 8.54. The molecule has 0 bridgehead atoms. The number of piperidine rings is 1. The maximum absolute atomic E-state index is 12.7. The van der Waals surface area contributed by atoms with E-state index in [1.165, 1.54) is 0 Å². The predicted molar refractivity (Wildman–Crippen MR) is 93.8 cm³/mol. The third-order valence-corrected chi connectivity index (χ3v) is 5.37. The van der Waals surface area contributed by atoms with Crippen molar-refractivity contribution in [3.05, 3.63) is 28.5 Å². The normalized spacial score (nSPS) is 18.8. The van der Waals surface area contributed by atoms with E-state index in [0.717, 1.165) is 36.5 Å². The lowest BCUT2D eigenvalue weighted by Crippen LogP contribution is -2.39. The van der Waals surface area contributed by atoms with Gasteiger partial charge in [0.15, 0.2) is 0 Å². The second-order valence-electron chi connectivity index (χ2n) is 7.34. The molecule has 130 valence electrons. The molecule has 0 aliphatic carbocycles. The number of aromatic nitrogens is 4. The molecule has 2 aromatic heterocycles. The van der Waals surface area contributed by atoms with Crippen LogP contribution in [-0.4, -0.2) is 37.3 Å². The molecule has 2 aromatic rings. The number of thiazole rings is 1. The average Bonchev–Trinajstić information content (AvgIpc) is 3.23. The summed E-state index contributed by atoms with van der Waals surface area (Å²) in [5.41, 5.74) is 1.16. The summed E-state index contributed by atoms with van der Waals surface area (Å²) in [6, 6.07) is 0.128. The number of hydrogen-bond acceptors (Lipinski definition) is 5. The van der Waals surface area contributed by atoms with Crippen LogP contribution >= 0.6 is 11.3 Å². The molecule has 24 heavy (non-hydrogen) atoms. The van der Waals surface area contributed by atoms with Crippen molar-refractivity contribution in [2.75, 3.05) is 6.54 Å². The van der Waals surface area contributed by atoms with E-state index in [2.05, 4.69) is 36.5 Å². The number of carbonyl (C=O) groups excluding carboxylic acids is 1.